The molecular weight excluding hydrogens is 194 g/mol. The van der Waals surface area contributed by atoms with Crippen molar-refractivity contribution >= 4 is 11.4 Å². The van der Waals surface area contributed by atoms with E-state index in [9.17, 15) is 0 Å². The molecule has 0 aliphatic carbocycles. The van der Waals surface area contributed by atoms with Gasteiger partial charge in [-0.25, -0.2) is 0 Å². The fourth-order valence-electron chi connectivity index (χ4n) is 2.51. The number of anilines is 2. The summed E-state index contributed by atoms with van der Waals surface area (Å²) < 4.78 is 0. The Hall–Kier alpha value is -1.76. The summed E-state index contributed by atoms with van der Waals surface area (Å²) in [5.41, 5.74) is 6.86. The highest BCUT2D eigenvalue weighted by Gasteiger charge is 2.18. The summed E-state index contributed by atoms with van der Waals surface area (Å²) in [5, 5.41) is 0. The van der Waals surface area contributed by atoms with Crippen LogP contribution in [-0.4, -0.2) is 7.05 Å². The molecule has 0 fully saturated rings. The molecule has 0 unspecified atom stereocenters. The van der Waals surface area contributed by atoms with E-state index in [1.807, 2.05) is 0 Å². The van der Waals surface area contributed by atoms with Crippen molar-refractivity contribution in [2.24, 2.45) is 0 Å². The number of aryl methyl sites for hydroxylation is 1. The lowest BCUT2D eigenvalue weighted by molar-refractivity contribution is 1.05. The number of rotatable bonds is 0. The van der Waals surface area contributed by atoms with Gasteiger partial charge < -0.3 is 4.90 Å². The lowest BCUT2D eigenvalue weighted by atomic mass is 9.95. The summed E-state index contributed by atoms with van der Waals surface area (Å²) in [5.74, 6) is 0. The van der Waals surface area contributed by atoms with Crippen molar-refractivity contribution in [2.75, 3.05) is 11.9 Å². The van der Waals surface area contributed by atoms with E-state index >= 15 is 0 Å². The zero-order valence-corrected chi connectivity index (χ0v) is 9.70. The molecule has 0 bridgehead atoms. The minimum absolute atomic E-state index is 1.05. The Morgan fingerprint density at radius 3 is 2.56 bits per heavy atom. The molecule has 0 spiro atoms. The number of hydrogen-bond acceptors (Lipinski definition) is 1. The first-order valence-corrected chi connectivity index (χ1v) is 5.67. The Balaban J connectivity index is 2.18. The molecule has 1 nitrogen and oxygen atoms in total. The van der Waals surface area contributed by atoms with Crippen molar-refractivity contribution in [2.45, 2.75) is 13.3 Å². The average Bonchev–Trinajstić information content (AvgIpc) is 2.29. The number of para-hydroxylation sites is 1. The molecule has 16 heavy (non-hydrogen) atoms. The minimum atomic E-state index is 1.05. The first-order valence-electron chi connectivity index (χ1n) is 5.67. The maximum absolute atomic E-state index is 2.29. The zero-order chi connectivity index (χ0) is 11.1. The molecule has 1 heteroatoms. The Morgan fingerprint density at radius 2 is 1.69 bits per heavy atom. The monoisotopic (exact) mass is 209 g/mol. The molecule has 2 aromatic rings. The fourth-order valence-corrected chi connectivity index (χ4v) is 2.51. The number of fused-ring (bicyclic) bond motifs is 2. The van der Waals surface area contributed by atoms with E-state index in [0.717, 1.165) is 6.42 Å². The van der Waals surface area contributed by atoms with Crippen LogP contribution in [0.1, 0.15) is 16.7 Å². The number of hydrogen-bond donors (Lipinski definition) is 0. The molecule has 1 heterocycles. The summed E-state index contributed by atoms with van der Waals surface area (Å²) in [6, 6.07) is 15.3. The summed E-state index contributed by atoms with van der Waals surface area (Å²) in [4.78, 5) is 2.29. The third kappa shape index (κ3) is 1.32. The molecule has 1 aliphatic rings. The number of benzene rings is 2. The van der Waals surface area contributed by atoms with Crippen LogP contribution in [-0.2, 0) is 6.42 Å². The Morgan fingerprint density at radius 1 is 0.938 bits per heavy atom. The highest BCUT2D eigenvalue weighted by atomic mass is 15.1. The van der Waals surface area contributed by atoms with Crippen LogP contribution in [0.25, 0.3) is 0 Å². The van der Waals surface area contributed by atoms with E-state index in [0.29, 0.717) is 0 Å². The SMILES string of the molecule is Cc1ccc2c(c1)Cc1ccccc1N2C. The predicted octanol–water partition coefficient (Wildman–Crippen LogP) is 3.67. The summed E-state index contributed by atoms with van der Waals surface area (Å²) in [6.07, 6.45) is 1.05. The van der Waals surface area contributed by atoms with Crippen LogP contribution in [0.15, 0.2) is 42.5 Å². The second kappa shape index (κ2) is 3.38. The second-order valence-corrected chi connectivity index (χ2v) is 4.50. The first-order chi connectivity index (χ1) is 7.75. The van der Waals surface area contributed by atoms with Gasteiger partial charge in [-0.1, -0.05) is 35.9 Å². The van der Waals surface area contributed by atoms with Crippen LogP contribution >= 0.6 is 0 Å². The molecule has 0 amide bonds. The molecule has 0 atom stereocenters. The van der Waals surface area contributed by atoms with E-state index in [1.165, 1.54) is 28.1 Å². The average molecular weight is 209 g/mol. The van der Waals surface area contributed by atoms with Crippen LogP contribution in [0, 0.1) is 6.92 Å². The highest BCUT2D eigenvalue weighted by molar-refractivity contribution is 5.73. The molecule has 0 saturated heterocycles. The lowest BCUT2D eigenvalue weighted by Crippen LogP contribution is -2.18. The molecule has 0 N–H and O–H groups in total. The van der Waals surface area contributed by atoms with Gasteiger partial charge in [-0.3, -0.25) is 0 Å². The Bertz CT molecular complexity index is 543. The van der Waals surface area contributed by atoms with E-state index in [2.05, 4.69) is 61.3 Å². The largest absolute Gasteiger partial charge is 0.344 e. The molecule has 0 aromatic heterocycles. The van der Waals surface area contributed by atoms with Crippen molar-refractivity contribution in [1.29, 1.82) is 0 Å². The molecule has 80 valence electrons. The summed E-state index contributed by atoms with van der Waals surface area (Å²) >= 11 is 0. The van der Waals surface area contributed by atoms with Crippen LogP contribution in [0.4, 0.5) is 11.4 Å². The van der Waals surface area contributed by atoms with Gasteiger partial charge in [0, 0.05) is 24.8 Å². The standard InChI is InChI=1S/C15H15N/c1-11-7-8-15-13(9-11)10-12-5-3-4-6-14(12)16(15)2/h3-9H,10H2,1-2H3. The van der Waals surface area contributed by atoms with Gasteiger partial charge in [0.05, 0.1) is 0 Å². The summed E-state index contributed by atoms with van der Waals surface area (Å²) in [7, 11) is 2.14. The van der Waals surface area contributed by atoms with Gasteiger partial charge in [0.25, 0.3) is 0 Å². The van der Waals surface area contributed by atoms with Crippen molar-refractivity contribution < 1.29 is 0 Å². The highest BCUT2D eigenvalue weighted by Crippen LogP contribution is 2.37. The molecule has 0 radical (unpaired) electrons. The van der Waals surface area contributed by atoms with Gasteiger partial charge in [0.2, 0.25) is 0 Å². The van der Waals surface area contributed by atoms with Gasteiger partial charge in [-0.05, 0) is 30.2 Å². The zero-order valence-electron chi connectivity index (χ0n) is 9.70. The van der Waals surface area contributed by atoms with E-state index in [-0.39, 0.29) is 0 Å². The maximum atomic E-state index is 2.29. The quantitative estimate of drug-likeness (QED) is 0.640. The molecule has 2 aromatic carbocycles. The van der Waals surface area contributed by atoms with Crippen molar-refractivity contribution in [1.82, 2.24) is 0 Å². The van der Waals surface area contributed by atoms with Gasteiger partial charge in [0.1, 0.15) is 0 Å². The van der Waals surface area contributed by atoms with Gasteiger partial charge in [-0.15, -0.1) is 0 Å². The van der Waals surface area contributed by atoms with E-state index < -0.39 is 0 Å². The van der Waals surface area contributed by atoms with Crippen LogP contribution in [0.5, 0.6) is 0 Å². The minimum Gasteiger partial charge on any atom is -0.344 e. The predicted molar refractivity (Wildman–Crippen MR) is 68.5 cm³/mol. The normalized spacial score (nSPS) is 13.2. The maximum Gasteiger partial charge on any atom is 0.0444 e. The Labute approximate surface area is 96.3 Å². The van der Waals surface area contributed by atoms with Crippen molar-refractivity contribution in [3.63, 3.8) is 0 Å². The van der Waals surface area contributed by atoms with Crippen LogP contribution in [0.3, 0.4) is 0 Å². The molecule has 1 aliphatic heterocycles. The third-order valence-corrected chi connectivity index (χ3v) is 3.33. The van der Waals surface area contributed by atoms with Crippen molar-refractivity contribution in [3.8, 4) is 0 Å². The van der Waals surface area contributed by atoms with Crippen LogP contribution < -0.4 is 4.90 Å². The number of nitrogens with zero attached hydrogens (tertiary/aromatic N) is 1. The van der Waals surface area contributed by atoms with E-state index in [1.54, 1.807) is 0 Å². The molecule has 3 rings (SSSR count). The third-order valence-electron chi connectivity index (χ3n) is 3.33. The fraction of sp³-hybridized carbons (Fsp3) is 0.200. The molecular formula is C15H15N. The Kier molecular flexibility index (Phi) is 2.00. The van der Waals surface area contributed by atoms with Crippen LogP contribution in [0.2, 0.25) is 0 Å². The van der Waals surface area contributed by atoms with Gasteiger partial charge in [-0.2, -0.15) is 0 Å². The summed E-state index contributed by atoms with van der Waals surface area (Å²) in [6.45, 7) is 2.15. The first kappa shape index (κ1) is 9.46. The van der Waals surface area contributed by atoms with Gasteiger partial charge >= 0.3 is 0 Å². The van der Waals surface area contributed by atoms with Crippen molar-refractivity contribution in [3.05, 3.63) is 59.2 Å². The smallest absolute Gasteiger partial charge is 0.0444 e. The lowest BCUT2D eigenvalue weighted by Gasteiger charge is -2.30. The van der Waals surface area contributed by atoms with Gasteiger partial charge in [0.15, 0.2) is 0 Å². The second-order valence-electron chi connectivity index (χ2n) is 4.50. The molecule has 0 saturated carbocycles. The topological polar surface area (TPSA) is 3.24 Å². The van der Waals surface area contributed by atoms with E-state index in [4.69, 9.17) is 0 Å².